The Labute approximate surface area is 226 Å². The van der Waals surface area contributed by atoms with Gasteiger partial charge in [-0.25, -0.2) is 4.98 Å². The molecule has 0 spiro atoms. The highest BCUT2D eigenvalue weighted by molar-refractivity contribution is 6.51. The number of H-pyrrole nitrogens is 1. The van der Waals surface area contributed by atoms with Crippen LogP contribution >= 0.6 is 0 Å². The third-order valence-corrected chi connectivity index (χ3v) is 6.65. The zero-order valence-electron chi connectivity index (χ0n) is 22.3. The van der Waals surface area contributed by atoms with E-state index >= 15 is 0 Å². The van der Waals surface area contributed by atoms with Gasteiger partial charge in [0.2, 0.25) is 5.95 Å². The number of nitrogens with zero attached hydrogens (tertiary/aromatic N) is 3. The maximum Gasteiger partial charge on any atom is 0.302 e. The summed E-state index contributed by atoms with van der Waals surface area (Å²) in [7, 11) is 5.42. The summed E-state index contributed by atoms with van der Waals surface area (Å²) in [6.45, 7) is 2.52. The van der Waals surface area contributed by atoms with Crippen molar-refractivity contribution in [3.8, 4) is 11.5 Å². The number of benzene rings is 3. The van der Waals surface area contributed by atoms with E-state index in [4.69, 9.17) is 9.47 Å². The molecule has 4 aromatic rings. The molecule has 2 heterocycles. The van der Waals surface area contributed by atoms with Gasteiger partial charge in [-0.05, 0) is 48.4 Å². The number of carbonyl (C=O) groups is 2. The first-order valence-corrected chi connectivity index (χ1v) is 12.7. The van der Waals surface area contributed by atoms with E-state index in [1.807, 2.05) is 50.2 Å². The summed E-state index contributed by atoms with van der Waals surface area (Å²) in [5.41, 5.74) is 3.21. The van der Waals surface area contributed by atoms with Crippen LogP contribution in [0.3, 0.4) is 0 Å². The van der Waals surface area contributed by atoms with Gasteiger partial charge in [0.05, 0.1) is 36.4 Å². The van der Waals surface area contributed by atoms with Gasteiger partial charge in [-0.2, -0.15) is 0 Å². The fraction of sp³-hybridized carbons (Fsp3) is 0.233. The minimum Gasteiger partial charge on any atom is -0.507 e. The van der Waals surface area contributed by atoms with Gasteiger partial charge in [0.15, 0.2) is 0 Å². The van der Waals surface area contributed by atoms with Gasteiger partial charge in [0.25, 0.3) is 5.78 Å². The topological polar surface area (TPSA) is 108 Å². The number of nitrogens with one attached hydrogen (secondary N) is 1. The number of fused-ring (bicyclic) bond motifs is 1. The highest BCUT2D eigenvalue weighted by Gasteiger charge is 2.48. The van der Waals surface area contributed by atoms with E-state index in [0.29, 0.717) is 40.3 Å². The molecule has 1 amide bonds. The molecule has 1 atom stereocenters. The van der Waals surface area contributed by atoms with Crippen LogP contribution in [0.5, 0.6) is 11.5 Å². The van der Waals surface area contributed by atoms with Crippen LogP contribution in [-0.4, -0.2) is 54.6 Å². The zero-order chi connectivity index (χ0) is 27.7. The molecule has 9 heteroatoms. The molecule has 0 bridgehead atoms. The fourth-order valence-electron chi connectivity index (χ4n) is 4.65. The highest BCUT2D eigenvalue weighted by atomic mass is 16.5. The lowest BCUT2D eigenvalue weighted by Gasteiger charge is -2.24. The molecule has 5 rings (SSSR count). The Kier molecular flexibility index (Phi) is 6.98. The summed E-state index contributed by atoms with van der Waals surface area (Å²) in [6, 6.07) is 18.8. The van der Waals surface area contributed by atoms with Crippen molar-refractivity contribution < 1.29 is 24.2 Å². The first-order valence-electron chi connectivity index (χ1n) is 12.7. The fourth-order valence-corrected chi connectivity index (χ4v) is 4.65. The molecule has 200 valence electrons. The number of rotatable bonds is 8. The summed E-state index contributed by atoms with van der Waals surface area (Å²) in [6.07, 6.45) is 0.827. The van der Waals surface area contributed by atoms with Gasteiger partial charge in [0, 0.05) is 31.4 Å². The standard InChI is InChI=1S/C30H30N4O5/c1-5-15-39-22-8-6-7-19(16-22)27(35)25-26(18-9-11-20(12-10-18)33(2)3)34(29(37)28(25)36)30-31-23-14-13-21(38-4)17-24(23)32-30/h6-14,16-17,26,35H,5,15H2,1-4H3,(H,31,32)/b27-25+. The predicted molar refractivity (Wildman–Crippen MR) is 150 cm³/mol. The second-order valence-electron chi connectivity index (χ2n) is 9.47. The van der Waals surface area contributed by atoms with E-state index in [1.165, 1.54) is 4.90 Å². The molecule has 1 saturated heterocycles. The molecule has 39 heavy (non-hydrogen) atoms. The van der Waals surface area contributed by atoms with Crippen LogP contribution in [0.25, 0.3) is 16.8 Å². The summed E-state index contributed by atoms with van der Waals surface area (Å²) >= 11 is 0. The molecule has 1 aliphatic heterocycles. The summed E-state index contributed by atoms with van der Waals surface area (Å²) < 4.78 is 11.0. The Morgan fingerprint density at radius 2 is 1.82 bits per heavy atom. The van der Waals surface area contributed by atoms with Gasteiger partial charge in [0.1, 0.15) is 17.3 Å². The van der Waals surface area contributed by atoms with Crippen molar-refractivity contribution in [1.29, 1.82) is 0 Å². The molecular formula is C30H30N4O5. The second-order valence-corrected chi connectivity index (χ2v) is 9.47. The van der Waals surface area contributed by atoms with Crippen molar-refractivity contribution >= 4 is 40.1 Å². The molecule has 1 fully saturated rings. The average molecular weight is 527 g/mol. The number of amides is 1. The van der Waals surface area contributed by atoms with Crippen molar-refractivity contribution in [1.82, 2.24) is 9.97 Å². The summed E-state index contributed by atoms with van der Waals surface area (Å²) in [5, 5.41) is 11.5. The normalized spacial score (nSPS) is 16.6. The van der Waals surface area contributed by atoms with E-state index in [-0.39, 0.29) is 17.3 Å². The molecule has 0 aliphatic carbocycles. The number of Topliss-reactive ketones (excluding diaryl/α,β-unsaturated/α-hetero) is 1. The molecule has 1 aromatic heterocycles. The van der Waals surface area contributed by atoms with E-state index in [1.54, 1.807) is 49.6 Å². The maximum atomic E-state index is 13.5. The molecule has 9 nitrogen and oxygen atoms in total. The number of aliphatic hydroxyl groups excluding tert-OH is 1. The lowest BCUT2D eigenvalue weighted by atomic mass is 9.95. The van der Waals surface area contributed by atoms with Crippen molar-refractivity contribution in [3.63, 3.8) is 0 Å². The van der Waals surface area contributed by atoms with E-state index in [9.17, 15) is 14.7 Å². The van der Waals surface area contributed by atoms with Crippen LogP contribution in [0.15, 0.2) is 72.3 Å². The number of imidazole rings is 1. The molecule has 2 N–H and O–H groups in total. The Balaban J connectivity index is 1.67. The number of methoxy groups -OCH3 is 1. The average Bonchev–Trinajstić information content (AvgIpc) is 3.49. The number of aliphatic hydroxyl groups is 1. The summed E-state index contributed by atoms with van der Waals surface area (Å²) in [4.78, 5) is 38.1. The lowest BCUT2D eigenvalue weighted by molar-refractivity contribution is -0.132. The van der Waals surface area contributed by atoms with Gasteiger partial charge in [-0.1, -0.05) is 31.2 Å². The first kappa shape index (κ1) is 25.8. The monoisotopic (exact) mass is 526 g/mol. The minimum atomic E-state index is -0.913. The van der Waals surface area contributed by atoms with Crippen LogP contribution < -0.4 is 19.3 Å². The zero-order valence-corrected chi connectivity index (χ0v) is 22.3. The van der Waals surface area contributed by atoms with Gasteiger partial charge in [-0.15, -0.1) is 0 Å². The molecule has 0 radical (unpaired) electrons. The van der Waals surface area contributed by atoms with E-state index < -0.39 is 17.7 Å². The van der Waals surface area contributed by atoms with Crippen molar-refractivity contribution in [2.75, 3.05) is 37.6 Å². The highest BCUT2D eigenvalue weighted by Crippen LogP contribution is 2.42. The summed E-state index contributed by atoms with van der Waals surface area (Å²) in [5.74, 6) is -0.484. The first-order chi connectivity index (χ1) is 18.8. The molecule has 3 aromatic carbocycles. The van der Waals surface area contributed by atoms with Crippen molar-refractivity contribution in [3.05, 3.63) is 83.4 Å². The number of ether oxygens (including phenoxy) is 2. The number of carbonyl (C=O) groups excluding carboxylic acids is 2. The number of ketones is 1. The van der Waals surface area contributed by atoms with Gasteiger partial charge in [-0.3, -0.25) is 14.5 Å². The molecular weight excluding hydrogens is 496 g/mol. The number of hydrogen-bond donors (Lipinski definition) is 2. The van der Waals surface area contributed by atoms with Gasteiger partial charge >= 0.3 is 5.91 Å². The lowest BCUT2D eigenvalue weighted by Crippen LogP contribution is -2.30. The van der Waals surface area contributed by atoms with Crippen LogP contribution in [0, 0.1) is 0 Å². The Hall–Kier alpha value is -4.79. The van der Waals surface area contributed by atoms with Crippen LogP contribution in [0.1, 0.15) is 30.5 Å². The van der Waals surface area contributed by atoms with Crippen LogP contribution in [0.4, 0.5) is 11.6 Å². The number of hydrogen-bond acceptors (Lipinski definition) is 7. The van der Waals surface area contributed by atoms with E-state index in [0.717, 1.165) is 12.1 Å². The second kappa shape index (κ2) is 10.5. The maximum absolute atomic E-state index is 13.5. The quantitative estimate of drug-likeness (QED) is 0.188. The van der Waals surface area contributed by atoms with Crippen molar-refractivity contribution in [2.24, 2.45) is 0 Å². The number of aromatic nitrogens is 2. The van der Waals surface area contributed by atoms with E-state index in [2.05, 4.69) is 9.97 Å². The molecule has 0 saturated carbocycles. The van der Waals surface area contributed by atoms with Crippen LogP contribution in [-0.2, 0) is 9.59 Å². The predicted octanol–water partition coefficient (Wildman–Crippen LogP) is 5.05. The largest absolute Gasteiger partial charge is 0.507 e. The van der Waals surface area contributed by atoms with Crippen molar-refractivity contribution in [2.45, 2.75) is 19.4 Å². The van der Waals surface area contributed by atoms with Gasteiger partial charge < -0.3 is 24.5 Å². The Bertz CT molecular complexity index is 1570. The minimum absolute atomic E-state index is 0.0247. The third kappa shape index (κ3) is 4.79. The third-order valence-electron chi connectivity index (χ3n) is 6.65. The van der Waals surface area contributed by atoms with Crippen LogP contribution in [0.2, 0.25) is 0 Å². The number of aromatic amines is 1. The number of anilines is 2. The molecule has 1 unspecified atom stereocenters. The SMILES string of the molecule is CCCOc1cccc(/C(O)=C2\C(=O)C(=O)N(c3nc4ccc(OC)cc4[nH]3)C2c2ccc(N(C)C)cc2)c1. The smallest absolute Gasteiger partial charge is 0.302 e. The Morgan fingerprint density at radius 1 is 1.05 bits per heavy atom. The molecule has 1 aliphatic rings. The Morgan fingerprint density at radius 3 is 2.51 bits per heavy atom.